The molecular weight excluding hydrogens is 424 g/mol. The number of piperidine rings is 1. The number of nitrogens with two attached hydrogens (primary N) is 1. The van der Waals surface area contributed by atoms with Gasteiger partial charge in [0, 0.05) is 37.3 Å². The molecule has 4 rings (SSSR count). The number of nitrogens with one attached hydrogen (secondary N) is 2. The number of H-pyrrole nitrogens is 1. The van der Waals surface area contributed by atoms with Crippen molar-refractivity contribution in [3.63, 3.8) is 0 Å². The summed E-state index contributed by atoms with van der Waals surface area (Å²) < 4.78 is 14.3. The molecule has 8 heteroatoms. The van der Waals surface area contributed by atoms with Crippen molar-refractivity contribution >= 4 is 39.4 Å². The first kappa shape index (κ1) is 22.2. The quantitative estimate of drug-likeness (QED) is 0.391. The first-order valence-electron chi connectivity index (χ1n) is 10.9. The molecule has 0 spiro atoms. The van der Waals surface area contributed by atoms with E-state index >= 15 is 0 Å². The Morgan fingerprint density at radius 3 is 2.59 bits per heavy atom. The summed E-state index contributed by atoms with van der Waals surface area (Å²) in [6.07, 6.45) is 3.82. The van der Waals surface area contributed by atoms with Gasteiger partial charge < -0.3 is 16.0 Å². The van der Waals surface area contributed by atoms with Crippen LogP contribution < -0.4 is 11.1 Å². The van der Waals surface area contributed by atoms with Gasteiger partial charge in [-0.2, -0.15) is 0 Å². The maximum absolute atomic E-state index is 12.3. The van der Waals surface area contributed by atoms with Crippen molar-refractivity contribution in [3.05, 3.63) is 53.7 Å². The van der Waals surface area contributed by atoms with Crippen molar-refractivity contribution < 1.29 is 13.8 Å². The van der Waals surface area contributed by atoms with E-state index in [4.69, 9.17) is 5.73 Å². The fraction of sp³-hybridized carbons (Fsp3) is 0.333. The number of anilines is 1. The molecule has 1 aliphatic rings. The number of aromatic amines is 1. The average Bonchev–Trinajstić information content (AvgIpc) is 3.21. The largest absolute Gasteiger partial charge is 0.366 e. The van der Waals surface area contributed by atoms with Crippen molar-refractivity contribution in [2.75, 3.05) is 24.2 Å². The van der Waals surface area contributed by atoms with Crippen molar-refractivity contribution in [1.29, 1.82) is 0 Å². The third-order valence-corrected chi connectivity index (χ3v) is 7.67. The third kappa shape index (κ3) is 4.47. The number of fused-ring (bicyclic) bond motifs is 1. The highest BCUT2D eigenvalue weighted by Crippen LogP contribution is 2.37. The Hall–Kier alpha value is -2.97. The molecule has 0 radical (unpaired) electrons. The van der Waals surface area contributed by atoms with E-state index < -0.39 is 16.9 Å². The van der Waals surface area contributed by atoms with Crippen molar-refractivity contribution in [3.8, 4) is 11.1 Å². The zero-order valence-corrected chi connectivity index (χ0v) is 19.2. The molecule has 1 atom stereocenters. The number of aromatic nitrogens is 1. The Labute approximate surface area is 190 Å². The number of nitrogens with zero attached hydrogens (tertiary/aromatic N) is 1. The lowest BCUT2D eigenvalue weighted by molar-refractivity contribution is -0.114. The second-order valence-corrected chi connectivity index (χ2v) is 10.1. The zero-order chi connectivity index (χ0) is 22.8. The normalized spacial score (nSPS) is 16.2. The molecule has 2 amide bonds. The lowest BCUT2D eigenvalue weighted by Crippen LogP contribution is -2.34. The highest BCUT2D eigenvalue weighted by atomic mass is 32.2. The summed E-state index contributed by atoms with van der Waals surface area (Å²) >= 11 is 0. The number of carbonyl (C=O) groups excluding carboxylic acids is 2. The minimum absolute atomic E-state index is 0.139. The Bertz CT molecular complexity index is 1200. The van der Waals surface area contributed by atoms with Gasteiger partial charge in [0.05, 0.1) is 11.1 Å². The molecule has 2 aromatic carbocycles. The van der Waals surface area contributed by atoms with E-state index in [1.807, 2.05) is 37.4 Å². The van der Waals surface area contributed by atoms with Gasteiger partial charge in [-0.1, -0.05) is 16.3 Å². The molecule has 1 fully saturated rings. The van der Waals surface area contributed by atoms with Crippen LogP contribution in [-0.2, 0) is 20.0 Å². The molecule has 1 saturated heterocycles. The van der Waals surface area contributed by atoms with E-state index in [1.54, 1.807) is 6.07 Å². The van der Waals surface area contributed by atoms with Gasteiger partial charge in [0.15, 0.2) is 0 Å². The molecule has 0 aliphatic carbocycles. The van der Waals surface area contributed by atoms with Gasteiger partial charge in [0.1, 0.15) is 16.7 Å². The maximum atomic E-state index is 12.3. The Balaban J connectivity index is 1.73. The van der Waals surface area contributed by atoms with Crippen LogP contribution in [0, 0.1) is 0 Å². The molecule has 0 saturated carbocycles. The van der Waals surface area contributed by atoms with Crippen LogP contribution in [0.5, 0.6) is 0 Å². The summed E-state index contributed by atoms with van der Waals surface area (Å²) in [5.41, 5.74) is 10.5. The van der Waals surface area contributed by atoms with E-state index in [9.17, 15) is 13.8 Å². The van der Waals surface area contributed by atoms with Crippen LogP contribution in [0.1, 0.15) is 48.5 Å². The third-order valence-electron chi connectivity index (χ3n) is 6.10. The fourth-order valence-corrected chi connectivity index (χ4v) is 5.61. The number of hydrogen-bond acceptors (Lipinski definition) is 3. The lowest BCUT2D eigenvalue weighted by atomic mass is 9.88. The highest BCUT2D eigenvalue weighted by molar-refractivity contribution is 7.82. The molecule has 168 valence electrons. The minimum Gasteiger partial charge on any atom is -0.366 e. The molecule has 4 N–H and O–H groups in total. The monoisotopic (exact) mass is 453 g/mol. The number of benzene rings is 2. The van der Waals surface area contributed by atoms with Gasteiger partial charge in [-0.15, -0.1) is 4.31 Å². The zero-order valence-electron chi connectivity index (χ0n) is 18.4. The first-order chi connectivity index (χ1) is 15.4. The topological polar surface area (TPSA) is 108 Å². The van der Waals surface area contributed by atoms with Crippen LogP contribution >= 0.6 is 0 Å². The molecule has 3 aromatic rings. The van der Waals surface area contributed by atoms with Crippen LogP contribution in [0.15, 0.2) is 42.6 Å². The number of hydrogen-bond donors (Lipinski definition) is 3. The number of amides is 2. The standard InChI is InChI=1S/C24H28N4O3S/c1-3-32(31)28-9-7-16(8-10-28)22-14-26-23-20(22)12-18(13-21(23)24(25)30)17-5-4-6-19(11-17)27-15(2)29/h4-6,11-14,16,26H,3,7-10H2,1-2H3,(H2,25,30)(H,27,29)/p+1. The summed E-state index contributed by atoms with van der Waals surface area (Å²) in [5.74, 6) is 0.371. The molecule has 1 aromatic heterocycles. The SMILES string of the molecule is CC[SH+](=O)N1CCC(c2c[nH]c3c(C(N)=O)cc(-c4cccc(NC(C)=O)c4)cc23)CC1. The van der Waals surface area contributed by atoms with Crippen LogP contribution in [0.2, 0.25) is 0 Å². The molecule has 1 unspecified atom stereocenters. The van der Waals surface area contributed by atoms with Gasteiger partial charge >= 0.3 is 0 Å². The summed E-state index contributed by atoms with van der Waals surface area (Å²) in [5, 5.41) is 3.79. The summed E-state index contributed by atoms with van der Waals surface area (Å²) in [7, 11) is -1.28. The van der Waals surface area contributed by atoms with Crippen molar-refractivity contribution in [2.24, 2.45) is 5.73 Å². The minimum atomic E-state index is -1.28. The molecule has 0 bridgehead atoms. The first-order valence-corrected chi connectivity index (χ1v) is 12.3. The van der Waals surface area contributed by atoms with E-state index in [2.05, 4.69) is 20.7 Å². The highest BCUT2D eigenvalue weighted by Gasteiger charge is 2.28. The lowest BCUT2D eigenvalue weighted by Gasteiger charge is -2.27. The van der Waals surface area contributed by atoms with Crippen LogP contribution in [-0.4, -0.2) is 39.9 Å². The van der Waals surface area contributed by atoms with Gasteiger partial charge in [0.25, 0.3) is 5.91 Å². The van der Waals surface area contributed by atoms with Gasteiger partial charge in [0.2, 0.25) is 5.91 Å². The maximum Gasteiger partial charge on any atom is 0.250 e. The molecular formula is C24H29N4O3S+. The number of carbonyl (C=O) groups is 2. The Morgan fingerprint density at radius 1 is 1.19 bits per heavy atom. The van der Waals surface area contributed by atoms with Crippen LogP contribution in [0.3, 0.4) is 0 Å². The van der Waals surface area contributed by atoms with E-state index in [1.165, 1.54) is 6.92 Å². The van der Waals surface area contributed by atoms with E-state index in [0.29, 0.717) is 22.9 Å². The van der Waals surface area contributed by atoms with Crippen molar-refractivity contribution in [1.82, 2.24) is 9.29 Å². The Morgan fingerprint density at radius 2 is 1.94 bits per heavy atom. The predicted octanol–water partition coefficient (Wildman–Crippen LogP) is 3.70. The number of rotatable bonds is 6. The number of thiol groups is 1. The number of primary amides is 1. The summed E-state index contributed by atoms with van der Waals surface area (Å²) in [4.78, 5) is 27.0. The van der Waals surface area contributed by atoms with Gasteiger partial charge in [-0.3, -0.25) is 9.59 Å². The van der Waals surface area contributed by atoms with E-state index in [0.717, 1.165) is 53.5 Å². The second-order valence-electron chi connectivity index (χ2n) is 8.21. The van der Waals surface area contributed by atoms with Gasteiger partial charge in [-0.25, -0.2) is 0 Å². The smallest absolute Gasteiger partial charge is 0.250 e. The fourth-order valence-electron chi connectivity index (χ4n) is 4.53. The van der Waals surface area contributed by atoms with Crippen LogP contribution in [0.25, 0.3) is 22.0 Å². The predicted molar refractivity (Wildman–Crippen MR) is 130 cm³/mol. The molecule has 32 heavy (non-hydrogen) atoms. The Kier molecular flexibility index (Phi) is 6.43. The van der Waals surface area contributed by atoms with Crippen LogP contribution in [0.4, 0.5) is 5.69 Å². The summed E-state index contributed by atoms with van der Waals surface area (Å²) in [6, 6.07) is 11.4. The molecule has 7 nitrogen and oxygen atoms in total. The summed E-state index contributed by atoms with van der Waals surface area (Å²) in [6.45, 7) is 5.04. The second kappa shape index (κ2) is 9.26. The molecule has 1 aliphatic heterocycles. The van der Waals surface area contributed by atoms with E-state index in [-0.39, 0.29) is 5.91 Å². The van der Waals surface area contributed by atoms with Gasteiger partial charge in [-0.05, 0) is 66.6 Å². The van der Waals surface area contributed by atoms with Crippen molar-refractivity contribution in [2.45, 2.75) is 32.6 Å². The average molecular weight is 454 g/mol. The molecule has 2 heterocycles.